The van der Waals surface area contributed by atoms with E-state index < -0.39 is 29.5 Å². The summed E-state index contributed by atoms with van der Waals surface area (Å²) in [4.78, 5) is 21.0. The van der Waals surface area contributed by atoms with Crippen LogP contribution >= 0.6 is 11.6 Å². The average molecular weight is 376 g/mol. The van der Waals surface area contributed by atoms with Gasteiger partial charge in [-0.25, -0.2) is 4.39 Å². The van der Waals surface area contributed by atoms with Gasteiger partial charge in [-0.2, -0.15) is 13.2 Å². The monoisotopic (exact) mass is 375 g/mol. The maximum absolute atomic E-state index is 13.9. The molecule has 134 valence electrons. The van der Waals surface area contributed by atoms with Gasteiger partial charge in [-0.15, -0.1) is 11.6 Å². The van der Waals surface area contributed by atoms with E-state index in [0.717, 1.165) is 6.07 Å². The number of carbonyl (C=O) groups is 1. The molecule has 2 aromatic heterocycles. The SMILES string of the molecule is CC(c1ncccc1F)N(Cc1ccc(C(F)(F)F)cn1)C(=O)CCl. The Hall–Kier alpha value is -2.22. The molecule has 0 spiro atoms. The summed E-state index contributed by atoms with van der Waals surface area (Å²) in [7, 11) is 0. The fourth-order valence-electron chi connectivity index (χ4n) is 2.23. The highest BCUT2D eigenvalue weighted by Gasteiger charge is 2.31. The van der Waals surface area contributed by atoms with E-state index in [1.54, 1.807) is 6.92 Å². The highest BCUT2D eigenvalue weighted by molar-refractivity contribution is 6.27. The van der Waals surface area contributed by atoms with Crippen LogP contribution in [0.2, 0.25) is 0 Å². The summed E-state index contributed by atoms with van der Waals surface area (Å²) in [5.41, 5.74) is -0.641. The van der Waals surface area contributed by atoms with Crippen LogP contribution in [0.4, 0.5) is 17.6 Å². The third kappa shape index (κ3) is 4.66. The molecule has 0 radical (unpaired) electrons. The minimum Gasteiger partial charge on any atom is -0.327 e. The lowest BCUT2D eigenvalue weighted by Gasteiger charge is -2.28. The van der Waals surface area contributed by atoms with Crippen LogP contribution in [0.25, 0.3) is 0 Å². The molecule has 1 amide bonds. The summed E-state index contributed by atoms with van der Waals surface area (Å²) in [6, 6.07) is 3.89. The molecule has 9 heteroatoms. The average Bonchev–Trinajstić information content (AvgIpc) is 2.58. The van der Waals surface area contributed by atoms with Crippen LogP contribution in [-0.2, 0) is 17.5 Å². The van der Waals surface area contributed by atoms with E-state index in [9.17, 15) is 22.4 Å². The Balaban J connectivity index is 2.27. The van der Waals surface area contributed by atoms with E-state index in [-0.39, 0.29) is 23.8 Å². The number of halogens is 5. The molecular weight excluding hydrogens is 362 g/mol. The van der Waals surface area contributed by atoms with Crippen molar-refractivity contribution in [1.82, 2.24) is 14.9 Å². The van der Waals surface area contributed by atoms with Crippen LogP contribution in [0.15, 0.2) is 36.7 Å². The molecule has 0 aliphatic heterocycles. The molecule has 0 N–H and O–H groups in total. The predicted molar refractivity (Wildman–Crippen MR) is 83.1 cm³/mol. The van der Waals surface area contributed by atoms with Gasteiger partial charge in [0, 0.05) is 12.4 Å². The van der Waals surface area contributed by atoms with Crippen molar-refractivity contribution in [2.24, 2.45) is 0 Å². The van der Waals surface area contributed by atoms with Crippen molar-refractivity contribution >= 4 is 17.5 Å². The first kappa shape index (κ1) is 19.1. The Morgan fingerprint density at radius 2 is 2.00 bits per heavy atom. The van der Waals surface area contributed by atoms with E-state index in [0.29, 0.717) is 6.20 Å². The molecule has 25 heavy (non-hydrogen) atoms. The number of rotatable bonds is 5. The summed E-state index contributed by atoms with van der Waals surface area (Å²) in [6.07, 6.45) is -2.43. The third-order valence-corrected chi connectivity index (χ3v) is 3.80. The molecule has 0 saturated heterocycles. The van der Waals surface area contributed by atoms with Crippen molar-refractivity contribution in [1.29, 1.82) is 0 Å². The molecule has 0 saturated carbocycles. The second kappa shape index (κ2) is 7.77. The molecule has 2 rings (SSSR count). The van der Waals surface area contributed by atoms with Gasteiger partial charge in [0.25, 0.3) is 0 Å². The van der Waals surface area contributed by atoms with Gasteiger partial charge in [0.05, 0.1) is 29.5 Å². The van der Waals surface area contributed by atoms with E-state index in [1.165, 1.54) is 29.3 Å². The van der Waals surface area contributed by atoms with Gasteiger partial charge < -0.3 is 4.90 Å². The van der Waals surface area contributed by atoms with Crippen molar-refractivity contribution in [2.45, 2.75) is 25.7 Å². The highest BCUT2D eigenvalue weighted by atomic mass is 35.5. The van der Waals surface area contributed by atoms with Gasteiger partial charge in [-0.1, -0.05) is 0 Å². The highest BCUT2D eigenvalue weighted by Crippen LogP contribution is 2.29. The van der Waals surface area contributed by atoms with Crippen molar-refractivity contribution in [3.8, 4) is 0 Å². The Morgan fingerprint density at radius 1 is 1.28 bits per heavy atom. The maximum Gasteiger partial charge on any atom is 0.417 e. The van der Waals surface area contributed by atoms with Gasteiger partial charge in [0.1, 0.15) is 11.7 Å². The number of hydrogen-bond acceptors (Lipinski definition) is 3. The quantitative estimate of drug-likeness (QED) is 0.587. The zero-order valence-electron chi connectivity index (χ0n) is 13.1. The van der Waals surface area contributed by atoms with Crippen LogP contribution in [0.3, 0.4) is 0 Å². The summed E-state index contributed by atoms with van der Waals surface area (Å²) in [5.74, 6) is -1.47. The molecule has 2 heterocycles. The van der Waals surface area contributed by atoms with Crippen LogP contribution < -0.4 is 0 Å². The van der Waals surface area contributed by atoms with Crippen molar-refractivity contribution < 1.29 is 22.4 Å². The topological polar surface area (TPSA) is 46.1 Å². The summed E-state index contributed by atoms with van der Waals surface area (Å²) >= 11 is 5.59. The zero-order chi connectivity index (χ0) is 18.6. The number of pyridine rings is 2. The van der Waals surface area contributed by atoms with Crippen molar-refractivity contribution in [3.63, 3.8) is 0 Å². The van der Waals surface area contributed by atoms with Crippen molar-refractivity contribution in [3.05, 3.63) is 59.4 Å². The number of aromatic nitrogens is 2. The second-order valence-electron chi connectivity index (χ2n) is 5.24. The molecule has 0 aromatic carbocycles. The molecule has 1 atom stereocenters. The lowest BCUT2D eigenvalue weighted by Crippen LogP contribution is -2.35. The minimum absolute atomic E-state index is 0.0351. The summed E-state index contributed by atoms with van der Waals surface area (Å²) in [5, 5.41) is 0. The molecule has 2 aromatic rings. The molecule has 4 nitrogen and oxygen atoms in total. The lowest BCUT2D eigenvalue weighted by molar-refractivity contribution is -0.138. The van der Waals surface area contributed by atoms with Crippen molar-refractivity contribution in [2.75, 3.05) is 5.88 Å². The number of hydrogen-bond donors (Lipinski definition) is 0. The second-order valence-corrected chi connectivity index (χ2v) is 5.50. The molecular formula is C16H14ClF4N3O. The Morgan fingerprint density at radius 3 is 2.52 bits per heavy atom. The van der Waals surface area contributed by atoms with Crippen LogP contribution in [0.5, 0.6) is 0 Å². The maximum atomic E-state index is 13.9. The summed E-state index contributed by atoms with van der Waals surface area (Å²) < 4.78 is 51.7. The van der Waals surface area contributed by atoms with E-state index >= 15 is 0 Å². The first-order chi connectivity index (χ1) is 11.7. The number of amides is 1. The minimum atomic E-state index is -4.50. The first-order valence-corrected chi connectivity index (χ1v) is 7.75. The number of nitrogens with zero attached hydrogens (tertiary/aromatic N) is 3. The Bertz CT molecular complexity index is 737. The third-order valence-electron chi connectivity index (χ3n) is 3.57. The standard InChI is InChI=1S/C16H14ClF4N3O/c1-10(15-13(18)3-2-6-22-15)24(14(25)7-17)9-12-5-4-11(8-23-12)16(19,20)21/h2-6,8,10H,7,9H2,1H3. The van der Waals surface area contributed by atoms with Crippen LogP contribution in [-0.4, -0.2) is 26.7 Å². The van der Waals surface area contributed by atoms with E-state index in [1.807, 2.05) is 0 Å². The van der Waals surface area contributed by atoms with Gasteiger partial charge in [0.2, 0.25) is 5.91 Å². The van der Waals surface area contributed by atoms with Gasteiger partial charge in [-0.05, 0) is 31.2 Å². The van der Waals surface area contributed by atoms with E-state index in [4.69, 9.17) is 11.6 Å². The van der Waals surface area contributed by atoms with Gasteiger partial charge in [-0.3, -0.25) is 14.8 Å². The molecule has 0 fully saturated rings. The molecule has 1 unspecified atom stereocenters. The largest absolute Gasteiger partial charge is 0.417 e. The zero-order valence-corrected chi connectivity index (χ0v) is 13.9. The predicted octanol–water partition coefficient (Wildman–Crippen LogP) is 3.96. The van der Waals surface area contributed by atoms with Crippen LogP contribution in [0, 0.1) is 5.82 Å². The van der Waals surface area contributed by atoms with E-state index in [2.05, 4.69) is 9.97 Å². The smallest absolute Gasteiger partial charge is 0.327 e. The molecule has 0 aliphatic rings. The van der Waals surface area contributed by atoms with Gasteiger partial charge in [0.15, 0.2) is 0 Å². The number of carbonyl (C=O) groups excluding carboxylic acids is 1. The summed E-state index contributed by atoms with van der Waals surface area (Å²) in [6.45, 7) is 1.43. The van der Waals surface area contributed by atoms with Gasteiger partial charge >= 0.3 is 6.18 Å². The normalized spacial score (nSPS) is 12.7. The lowest BCUT2D eigenvalue weighted by atomic mass is 10.1. The Kier molecular flexibility index (Phi) is 5.94. The number of alkyl halides is 4. The first-order valence-electron chi connectivity index (χ1n) is 7.22. The molecule has 0 aliphatic carbocycles. The Labute approximate surface area is 146 Å². The van der Waals surface area contributed by atoms with Crippen LogP contribution in [0.1, 0.15) is 29.9 Å². The fraction of sp³-hybridized carbons (Fsp3) is 0.312. The molecule has 0 bridgehead atoms. The fourth-order valence-corrected chi connectivity index (χ4v) is 2.38.